The predicted octanol–water partition coefficient (Wildman–Crippen LogP) is 4.95. The van der Waals surface area contributed by atoms with Crippen LogP contribution in [0, 0.1) is 17.2 Å². The predicted molar refractivity (Wildman–Crippen MR) is 92.9 cm³/mol. The van der Waals surface area contributed by atoms with Crippen LogP contribution in [0.25, 0.3) is 0 Å². The zero-order valence-electron chi connectivity index (χ0n) is 13.4. The first-order chi connectivity index (χ1) is 12.3. The number of hydrogen-bond donors (Lipinski definition) is 1. The van der Waals surface area contributed by atoms with Gasteiger partial charge in [0.1, 0.15) is 6.04 Å². The second kappa shape index (κ2) is 7.12. The summed E-state index contributed by atoms with van der Waals surface area (Å²) in [5.41, 5.74) is 0.307. The van der Waals surface area contributed by atoms with Crippen LogP contribution in [0.2, 0.25) is 0 Å². The van der Waals surface area contributed by atoms with E-state index in [1.165, 1.54) is 12.1 Å². The summed E-state index contributed by atoms with van der Waals surface area (Å²) in [4.78, 5) is 12.4. The Labute approximate surface area is 157 Å². The molecule has 26 heavy (non-hydrogen) atoms. The number of benzene rings is 2. The molecule has 0 spiro atoms. The number of rotatable bonds is 4. The van der Waals surface area contributed by atoms with Crippen molar-refractivity contribution in [2.24, 2.45) is 5.92 Å². The summed E-state index contributed by atoms with van der Waals surface area (Å²) < 4.78 is 39.4. The maximum Gasteiger partial charge on any atom is 0.416 e. The van der Waals surface area contributed by atoms with Gasteiger partial charge in [0.15, 0.2) is 0 Å². The quantitative estimate of drug-likeness (QED) is 0.757. The van der Waals surface area contributed by atoms with Crippen LogP contribution in [-0.2, 0) is 11.0 Å². The second-order valence-corrected chi connectivity index (χ2v) is 7.11. The fraction of sp³-hybridized carbons (Fsp3) is 0.263. The number of alkyl halides is 3. The van der Waals surface area contributed by atoms with Crippen molar-refractivity contribution in [1.29, 1.82) is 5.26 Å². The van der Waals surface area contributed by atoms with Gasteiger partial charge in [-0.05, 0) is 47.7 Å². The minimum absolute atomic E-state index is 0.0731. The third-order valence-corrected chi connectivity index (χ3v) is 4.92. The van der Waals surface area contributed by atoms with Crippen LogP contribution in [0.3, 0.4) is 0 Å². The lowest BCUT2D eigenvalue weighted by Crippen LogP contribution is -2.29. The van der Waals surface area contributed by atoms with Crippen LogP contribution in [0.1, 0.15) is 35.1 Å². The van der Waals surface area contributed by atoms with E-state index in [0.29, 0.717) is 6.42 Å². The van der Waals surface area contributed by atoms with Gasteiger partial charge in [-0.25, -0.2) is 0 Å². The van der Waals surface area contributed by atoms with Gasteiger partial charge in [-0.1, -0.05) is 40.2 Å². The molecule has 0 bridgehead atoms. The summed E-state index contributed by atoms with van der Waals surface area (Å²) in [7, 11) is 0. The van der Waals surface area contributed by atoms with E-state index in [1.54, 1.807) is 0 Å². The average Bonchev–Trinajstić information content (AvgIpc) is 3.40. The minimum Gasteiger partial charge on any atom is -0.336 e. The van der Waals surface area contributed by atoms with Crippen molar-refractivity contribution in [2.45, 2.75) is 24.6 Å². The molecule has 0 saturated heterocycles. The van der Waals surface area contributed by atoms with Crippen LogP contribution in [0.15, 0.2) is 53.0 Å². The van der Waals surface area contributed by atoms with Gasteiger partial charge in [-0.3, -0.25) is 4.79 Å². The molecule has 0 aromatic heterocycles. The van der Waals surface area contributed by atoms with Gasteiger partial charge >= 0.3 is 6.18 Å². The minimum atomic E-state index is -4.50. The summed E-state index contributed by atoms with van der Waals surface area (Å²) in [6.45, 7) is 0. The van der Waals surface area contributed by atoms with Gasteiger partial charge in [0.05, 0.1) is 11.6 Å². The topological polar surface area (TPSA) is 52.9 Å². The van der Waals surface area contributed by atoms with E-state index in [2.05, 4.69) is 21.2 Å². The Bertz CT molecular complexity index is 858. The third kappa shape index (κ3) is 4.07. The normalized spacial score (nSPS) is 20.1. The first-order valence-electron chi connectivity index (χ1n) is 7.92. The SMILES string of the molecule is N#CC(NC(=O)C1CC1c1ccc(Br)cc1)c1cccc(C(F)(F)F)c1. The first kappa shape index (κ1) is 18.5. The number of nitrogens with zero attached hydrogens (tertiary/aromatic N) is 1. The average molecular weight is 423 g/mol. The van der Waals surface area contributed by atoms with E-state index in [4.69, 9.17) is 0 Å². The van der Waals surface area contributed by atoms with Gasteiger partial charge in [-0.15, -0.1) is 0 Å². The lowest BCUT2D eigenvalue weighted by Gasteiger charge is -2.14. The molecule has 1 aliphatic rings. The Kier molecular flexibility index (Phi) is 5.05. The molecule has 2 aromatic carbocycles. The number of halogens is 4. The molecule has 2 aromatic rings. The molecule has 1 saturated carbocycles. The summed E-state index contributed by atoms with van der Waals surface area (Å²) in [6.07, 6.45) is -3.84. The van der Waals surface area contributed by atoms with Gasteiger partial charge in [0.25, 0.3) is 0 Å². The maximum absolute atomic E-state index is 12.8. The standard InChI is InChI=1S/C19H14BrF3N2O/c20-14-6-4-11(5-7-14)15-9-16(15)18(26)25-17(10-24)12-2-1-3-13(8-12)19(21,22)23/h1-8,15-17H,9H2,(H,25,26). The Morgan fingerprint density at radius 2 is 1.92 bits per heavy atom. The van der Waals surface area contributed by atoms with Crippen LogP contribution in [-0.4, -0.2) is 5.91 Å². The monoisotopic (exact) mass is 422 g/mol. The highest BCUT2D eigenvalue weighted by Gasteiger charge is 2.44. The molecule has 1 aliphatic carbocycles. The Morgan fingerprint density at radius 1 is 1.23 bits per heavy atom. The van der Waals surface area contributed by atoms with Crippen molar-refractivity contribution in [2.75, 3.05) is 0 Å². The molecule has 3 nitrogen and oxygen atoms in total. The molecular weight excluding hydrogens is 409 g/mol. The highest BCUT2D eigenvalue weighted by molar-refractivity contribution is 9.10. The number of amides is 1. The van der Waals surface area contributed by atoms with Crippen molar-refractivity contribution >= 4 is 21.8 Å². The van der Waals surface area contributed by atoms with Crippen LogP contribution in [0.4, 0.5) is 13.2 Å². The number of carbonyl (C=O) groups excluding carboxylic acids is 1. The molecule has 1 amide bonds. The van der Waals surface area contributed by atoms with E-state index < -0.39 is 17.8 Å². The van der Waals surface area contributed by atoms with E-state index in [0.717, 1.165) is 22.2 Å². The van der Waals surface area contributed by atoms with Crippen LogP contribution < -0.4 is 5.32 Å². The molecule has 134 valence electrons. The van der Waals surface area contributed by atoms with Gasteiger partial charge in [-0.2, -0.15) is 18.4 Å². The summed E-state index contributed by atoms with van der Waals surface area (Å²) in [6, 6.07) is 12.9. The molecule has 3 atom stereocenters. The molecule has 0 aliphatic heterocycles. The smallest absolute Gasteiger partial charge is 0.336 e. The molecule has 0 radical (unpaired) electrons. The Balaban J connectivity index is 1.69. The van der Waals surface area contributed by atoms with E-state index in [9.17, 15) is 23.2 Å². The molecule has 7 heteroatoms. The van der Waals surface area contributed by atoms with E-state index in [1.807, 2.05) is 30.3 Å². The van der Waals surface area contributed by atoms with Crippen molar-refractivity contribution < 1.29 is 18.0 Å². The molecular formula is C19H14BrF3N2O. The fourth-order valence-electron chi connectivity index (χ4n) is 2.90. The Morgan fingerprint density at radius 3 is 2.54 bits per heavy atom. The fourth-order valence-corrected chi connectivity index (χ4v) is 3.16. The number of nitrogens with one attached hydrogen (secondary N) is 1. The second-order valence-electron chi connectivity index (χ2n) is 6.19. The molecule has 0 heterocycles. The lowest BCUT2D eigenvalue weighted by molar-refractivity contribution is -0.137. The van der Waals surface area contributed by atoms with Crippen LogP contribution in [0.5, 0.6) is 0 Å². The highest BCUT2D eigenvalue weighted by Crippen LogP contribution is 2.48. The van der Waals surface area contributed by atoms with Gasteiger partial charge in [0, 0.05) is 10.4 Å². The zero-order valence-corrected chi connectivity index (χ0v) is 15.0. The van der Waals surface area contributed by atoms with E-state index in [-0.39, 0.29) is 23.3 Å². The number of carbonyl (C=O) groups is 1. The van der Waals surface area contributed by atoms with Crippen molar-refractivity contribution in [3.8, 4) is 6.07 Å². The molecule has 1 N–H and O–H groups in total. The largest absolute Gasteiger partial charge is 0.416 e. The molecule has 3 unspecified atom stereocenters. The number of nitriles is 1. The van der Waals surface area contributed by atoms with Gasteiger partial charge < -0.3 is 5.32 Å². The van der Waals surface area contributed by atoms with Crippen molar-refractivity contribution in [1.82, 2.24) is 5.32 Å². The van der Waals surface area contributed by atoms with Crippen molar-refractivity contribution in [3.63, 3.8) is 0 Å². The van der Waals surface area contributed by atoms with Crippen molar-refractivity contribution in [3.05, 3.63) is 69.7 Å². The van der Waals surface area contributed by atoms with E-state index >= 15 is 0 Å². The molecule has 1 fully saturated rings. The maximum atomic E-state index is 12.8. The highest BCUT2D eigenvalue weighted by atomic mass is 79.9. The summed E-state index contributed by atoms with van der Waals surface area (Å²) in [5.74, 6) is -0.511. The summed E-state index contributed by atoms with van der Waals surface area (Å²) >= 11 is 3.35. The zero-order chi connectivity index (χ0) is 18.9. The Hall–Kier alpha value is -2.33. The van der Waals surface area contributed by atoms with Gasteiger partial charge in [0.2, 0.25) is 5.91 Å². The lowest BCUT2D eigenvalue weighted by atomic mass is 10.0. The van der Waals surface area contributed by atoms with Crippen LogP contribution >= 0.6 is 15.9 Å². The first-order valence-corrected chi connectivity index (χ1v) is 8.71. The number of hydrogen-bond acceptors (Lipinski definition) is 2. The third-order valence-electron chi connectivity index (χ3n) is 4.39. The summed E-state index contributed by atoms with van der Waals surface area (Å²) in [5, 5.41) is 11.8. The molecule has 3 rings (SSSR count).